The third-order valence-corrected chi connectivity index (χ3v) is 4.25. The molecule has 1 aliphatic rings. The molecule has 1 aliphatic heterocycles. The number of benzene rings is 1. The summed E-state index contributed by atoms with van der Waals surface area (Å²) >= 11 is 5.91. The molecule has 0 bridgehead atoms. The van der Waals surface area contributed by atoms with Crippen LogP contribution in [0.2, 0.25) is 5.02 Å². The Morgan fingerprint density at radius 3 is 2.48 bits per heavy atom. The van der Waals surface area contributed by atoms with Crippen LogP contribution in [0.5, 0.6) is 0 Å². The SMILES string of the molecule is COCCCNC(=O)CN1CCN(Cc2ccc(Cl)cc2)CC1. The van der Waals surface area contributed by atoms with E-state index in [0.29, 0.717) is 19.7 Å². The van der Waals surface area contributed by atoms with Crippen LogP contribution >= 0.6 is 11.6 Å². The van der Waals surface area contributed by atoms with Crippen molar-refractivity contribution in [3.63, 3.8) is 0 Å². The zero-order chi connectivity index (χ0) is 16.5. The second-order valence-electron chi connectivity index (χ2n) is 5.88. The Hall–Kier alpha value is -1.14. The summed E-state index contributed by atoms with van der Waals surface area (Å²) in [4.78, 5) is 16.5. The maximum Gasteiger partial charge on any atom is 0.234 e. The first-order chi connectivity index (χ1) is 11.2. The first-order valence-electron chi connectivity index (χ1n) is 8.12. The van der Waals surface area contributed by atoms with Crippen LogP contribution < -0.4 is 5.32 Å². The average Bonchev–Trinajstić information content (AvgIpc) is 2.56. The smallest absolute Gasteiger partial charge is 0.234 e. The lowest BCUT2D eigenvalue weighted by molar-refractivity contribution is -0.122. The van der Waals surface area contributed by atoms with Gasteiger partial charge in [0.25, 0.3) is 0 Å². The Bertz CT molecular complexity index is 473. The lowest BCUT2D eigenvalue weighted by atomic mass is 10.2. The Kier molecular flexibility index (Phi) is 7.82. The number of hydrogen-bond acceptors (Lipinski definition) is 4. The van der Waals surface area contributed by atoms with Gasteiger partial charge in [0, 0.05) is 58.0 Å². The Morgan fingerprint density at radius 2 is 1.83 bits per heavy atom. The highest BCUT2D eigenvalue weighted by Gasteiger charge is 2.18. The van der Waals surface area contributed by atoms with Gasteiger partial charge in [0.05, 0.1) is 6.54 Å². The van der Waals surface area contributed by atoms with Gasteiger partial charge in [0.15, 0.2) is 0 Å². The van der Waals surface area contributed by atoms with E-state index in [0.717, 1.165) is 44.2 Å². The number of nitrogens with one attached hydrogen (secondary N) is 1. The molecule has 23 heavy (non-hydrogen) atoms. The van der Waals surface area contributed by atoms with E-state index in [1.165, 1.54) is 5.56 Å². The van der Waals surface area contributed by atoms with Crippen LogP contribution in [-0.2, 0) is 16.1 Å². The zero-order valence-corrected chi connectivity index (χ0v) is 14.5. The van der Waals surface area contributed by atoms with Crippen LogP contribution in [0.25, 0.3) is 0 Å². The van der Waals surface area contributed by atoms with E-state index in [1.54, 1.807) is 7.11 Å². The largest absolute Gasteiger partial charge is 0.385 e. The normalized spacial score (nSPS) is 16.4. The number of amides is 1. The highest BCUT2D eigenvalue weighted by atomic mass is 35.5. The Morgan fingerprint density at radius 1 is 1.17 bits per heavy atom. The van der Waals surface area contributed by atoms with Crippen LogP contribution in [0, 0.1) is 0 Å². The van der Waals surface area contributed by atoms with E-state index in [1.807, 2.05) is 12.1 Å². The number of halogens is 1. The van der Waals surface area contributed by atoms with Gasteiger partial charge in [-0.2, -0.15) is 0 Å². The van der Waals surface area contributed by atoms with Crippen molar-refractivity contribution in [1.29, 1.82) is 0 Å². The molecule has 0 aromatic heterocycles. The molecule has 2 rings (SSSR count). The molecule has 0 radical (unpaired) electrons. The monoisotopic (exact) mass is 339 g/mol. The van der Waals surface area contributed by atoms with Gasteiger partial charge in [-0.25, -0.2) is 0 Å². The number of nitrogens with zero attached hydrogens (tertiary/aromatic N) is 2. The number of carbonyl (C=O) groups excluding carboxylic acids is 1. The minimum Gasteiger partial charge on any atom is -0.385 e. The molecule has 0 atom stereocenters. The van der Waals surface area contributed by atoms with Gasteiger partial charge in [0.2, 0.25) is 5.91 Å². The summed E-state index contributed by atoms with van der Waals surface area (Å²) in [5.74, 6) is 0.104. The average molecular weight is 340 g/mol. The van der Waals surface area contributed by atoms with E-state index in [9.17, 15) is 4.79 Å². The molecule has 5 nitrogen and oxygen atoms in total. The van der Waals surface area contributed by atoms with Crippen molar-refractivity contribution in [3.8, 4) is 0 Å². The van der Waals surface area contributed by atoms with Crippen LogP contribution in [0.1, 0.15) is 12.0 Å². The lowest BCUT2D eigenvalue weighted by Gasteiger charge is -2.34. The van der Waals surface area contributed by atoms with Crippen molar-refractivity contribution in [3.05, 3.63) is 34.9 Å². The van der Waals surface area contributed by atoms with Gasteiger partial charge in [-0.3, -0.25) is 14.6 Å². The Labute approximate surface area is 143 Å². The standard InChI is InChI=1S/C17H26ClN3O2/c1-23-12-2-7-19-17(22)14-21-10-8-20(9-11-21)13-15-3-5-16(18)6-4-15/h3-6H,2,7-14H2,1H3,(H,19,22). The molecule has 6 heteroatoms. The van der Waals surface area contributed by atoms with Gasteiger partial charge in [0.1, 0.15) is 0 Å². The molecule has 128 valence electrons. The molecule has 0 spiro atoms. The first-order valence-corrected chi connectivity index (χ1v) is 8.50. The van der Waals surface area contributed by atoms with E-state index in [-0.39, 0.29) is 5.91 Å². The third kappa shape index (κ3) is 6.87. The number of piperazine rings is 1. The van der Waals surface area contributed by atoms with Crippen molar-refractivity contribution in [2.75, 3.05) is 53.0 Å². The summed E-state index contributed by atoms with van der Waals surface area (Å²) in [7, 11) is 1.67. The fourth-order valence-electron chi connectivity index (χ4n) is 2.66. The summed E-state index contributed by atoms with van der Waals surface area (Å²) in [6.45, 7) is 6.63. The summed E-state index contributed by atoms with van der Waals surface area (Å²) in [6.07, 6.45) is 0.858. The molecule has 0 saturated carbocycles. The van der Waals surface area contributed by atoms with Gasteiger partial charge in [-0.05, 0) is 24.1 Å². The third-order valence-electron chi connectivity index (χ3n) is 4.00. The fraction of sp³-hybridized carbons (Fsp3) is 0.588. The van der Waals surface area contributed by atoms with Crippen molar-refractivity contribution in [2.24, 2.45) is 0 Å². The minimum absolute atomic E-state index is 0.104. The summed E-state index contributed by atoms with van der Waals surface area (Å²) in [5, 5.41) is 3.71. The summed E-state index contributed by atoms with van der Waals surface area (Å²) in [6, 6.07) is 8.01. The summed E-state index contributed by atoms with van der Waals surface area (Å²) < 4.78 is 4.97. The molecule has 1 amide bonds. The van der Waals surface area contributed by atoms with Crippen molar-refractivity contribution in [1.82, 2.24) is 15.1 Å². The molecule has 1 saturated heterocycles. The first kappa shape index (κ1) is 18.2. The van der Waals surface area contributed by atoms with Gasteiger partial charge < -0.3 is 10.1 Å². The molecule has 0 aliphatic carbocycles. The van der Waals surface area contributed by atoms with E-state index in [2.05, 4.69) is 27.2 Å². The topological polar surface area (TPSA) is 44.8 Å². The molecular weight excluding hydrogens is 314 g/mol. The molecule has 1 N–H and O–H groups in total. The number of hydrogen-bond donors (Lipinski definition) is 1. The molecular formula is C17H26ClN3O2. The number of carbonyl (C=O) groups is 1. The summed E-state index contributed by atoms with van der Waals surface area (Å²) in [5.41, 5.74) is 1.28. The predicted octanol–water partition coefficient (Wildman–Crippen LogP) is 1.61. The second kappa shape index (κ2) is 9.88. The molecule has 1 aromatic rings. The number of ether oxygens (including phenoxy) is 1. The van der Waals surface area contributed by atoms with E-state index < -0.39 is 0 Å². The predicted molar refractivity (Wildman–Crippen MR) is 92.7 cm³/mol. The van der Waals surface area contributed by atoms with Crippen LogP contribution in [-0.4, -0.2) is 68.7 Å². The molecule has 1 fully saturated rings. The number of methoxy groups -OCH3 is 1. The van der Waals surface area contributed by atoms with Gasteiger partial charge in [-0.1, -0.05) is 23.7 Å². The highest BCUT2D eigenvalue weighted by molar-refractivity contribution is 6.30. The fourth-order valence-corrected chi connectivity index (χ4v) is 2.78. The molecule has 1 aromatic carbocycles. The Balaban J connectivity index is 1.63. The maximum absolute atomic E-state index is 11.9. The van der Waals surface area contributed by atoms with Crippen molar-refractivity contribution >= 4 is 17.5 Å². The van der Waals surface area contributed by atoms with E-state index >= 15 is 0 Å². The van der Waals surface area contributed by atoms with Gasteiger partial charge in [-0.15, -0.1) is 0 Å². The van der Waals surface area contributed by atoms with Crippen molar-refractivity contribution in [2.45, 2.75) is 13.0 Å². The molecule has 1 heterocycles. The van der Waals surface area contributed by atoms with Crippen LogP contribution in [0.15, 0.2) is 24.3 Å². The van der Waals surface area contributed by atoms with Crippen LogP contribution in [0.4, 0.5) is 0 Å². The quantitative estimate of drug-likeness (QED) is 0.731. The minimum atomic E-state index is 0.104. The second-order valence-corrected chi connectivity index (χ2v) is 6.31. The van der Waals surface area contributed by atoms with Crippen LogP contribution in [0.3, 0.4) is 0 Å². The lowest BCUT2D eigenvalue weighted by Crippen LogP contribution is -2.49. The number of rotatable bonds is 8. The maximum atomic E-state index is 11.9. The van der Waals surface area contributed by atoms with E-state index in [4.69, 9.17) is 16.3 Å². The van der Waals surface area contributed by atoms with Crippen molar-refractivity contribution < 1.29 is 9.53 Å². The highest BCUT2D eigenvalue weighted by Crippen LogP contribution is 2.12. The van der Waals surface area contributed by atoms with Gasteiger partial charge >= 0.3 is 0 Å². The molecule has 0 unspecified atom stereocenters. The zero-order valence-electron chi connectivity index (χ0n) is 13.8.